The molecule has 0 radical (unpaired) electrons. The maximum absolute atomic E-state index is 5.58. The van der Waals surface area contributed by atoms with Crippen molar-refractivity contribution < 1.29 is 4.74 Å². The molecule has 0 N–H and O–H groups in total. The fraction of sp³-hybridized carbons (Fsp3) is 0.436. The number of methoxy groups -OCH3 is 1. The molecule has 0 saturated carbocycles. The normalized spacial score (nSPS) is 12.4. The van der Waals surface area contributed by atoms with Crippen molar-refractivity contribution >= 4 is 11.1 Å². The molecule has 0 aromatic heterocycles. The molecular weight excluding hydrogens is 484 g/mol. The molecule has 0 fully saturated rings. The maximum Gasteiger partial charge on any atom is 0.0718 e. The van der Waals surface area contributed by atoms with E-state index in [1.807, 2.05) is 6.08 Å². The van der Waals surface area contributed by atoms with Crippen molar-refractivity contribution in [1.29, 1.82) is 0 Å². The molecule has 0 saturated heterocycles. The molecule has 0 aliphatic carbocycles. The fourth-order valence-electron chi connectivity index (χ4n) is 5.63. The molecule has 40 heavy (non-hydrogen) atoms. The summed E-state index contributed by atoms with van der Waals surface area (Å²) in [5.41, 5.74) is 13.7. The molecule has 1 nitrogen and oxygen atoms in total. The summed E-state index contributed by atoms with van der Waals surface area (Å²) >= 11 is 0. The van der Waals surface area contributed by atoms with Crippen molar-refractivity contribution in [3.63, 3.8) is 0 Å². The lowest BCUT2D eigenvalue weighted by molar-refractivity contribution is 0.184. The molecule has 1 heteroatoms. The van der Waals surface area contributed by atoms with Crippen molar-refractivity contribution in [2.24, 2.45) is 5.41 Å². The van der Waals surface area contributed by atoms with Crippen LogP contribution in [0.2, 0.25) is 0 Å². The monoisotopic (exact) mass is 536 g/mol. The maximum atomic E-state index is 5.58. The van der Waals surface area contributed by atoms with Crippen LogP contribution in [0.3, 0.4) is 0 Å². The van der Waals surface area contributed by atoms with Crippen LogP contribution in [-0.2, 0) is 17.8 Å². The van der Waals surface area contributed by atoms with E-state index in [0.29, 0.717) is 6.61 Å². The van der Waals surface area contributed by atoms with Crippen LogP contribution in [0.15, 0.2) is 73.3 Å². The lowest BCUT2D eigenvalue weighted by atomic mass is 9.77. The van der Waals surface area contributed by atoms with Gasteiger partial charge in [0.2, 0.25) is 0 Å². The van der Waals surface area contributed by atoms with Gasteiger partial charge in [0.25, 0.3) is 0 Å². The molecule has 214 valence electrons. The van der Waals surface area contributed by atoms with Gasteiger partial charge in [-0.25, -0.2) is 0 Å². The number of hydrogen-bond donors (Lipinski definition) is 0. The van der Waals surface area contributed by atoms with Crippen molar-refractivity contribution in [1.82, 2.24) is 0 Å². The lowest BCUT2D eigenvalue weighted by Gasteiger charge is -2.28. The summed E-state index contributed by atoms with van der Waals surface area (Å²) in [6.45, 7) is 18.4. The first kappa shape index (κ1) is 31.6. The van der Waals surface area contributed by atoms with Crippen molar-refractivity contribution in [2.75, 3.05) is 7.11 Å². The zero-order chi connectivity index (χ0) is 29.1. The molecule has 3 aromatic rings. The average Bonchev–Trinajstić information content (AvgIpc) is 2.94. The molecule has 0 bridgehead atoms. The molecule has 0 heterocycles. The zero-order valence-electron chi connectivity index (χ0n) is 26.3. The Kier molecular flexibility index (Phi) is 12.0. The summed E-state index contributed by atoms with van der Waals surface area (Å²) in [6.07, 6.45) is 11.6. The van der Waals surface area contributed by atoms with Gasteiger partial charge in [0.15, 0.2) is 0 Å². The van der Waals surface area contributed by atoms with E-state index in [4.69, 9.17) is 4.74 Å². The quantitative estimate of drug-likeness (QED) is 0.107. The number of benzene rings is 3. The van der Waals surface area contributed by atoms with Crippen LogP contribution in [0.25, 0.3) is 22.3 Å². The highest BCUT2D eigenvalue weighted by atomic mass is 16.5. The largest absolute Gasteiger partial charge is 0.380 e. The molecule has 0 unspecified atom stereocenters. The Balaban J connectivity index is 2.04. The van der Waals surface area contributed by atoms with Gasteiger partial charge >= 0.3 is 0 Å². The number of allylic oxidation sites excluding steroid dienone is 3. The standard InChI is InChI=1S/C39H52O/c1-9-11-12-13-14-15-18-32-23-29(3)24-35(25-32)33-22-21-30(4)37(26-33)38(27-39(6,7)10-2)31(5)36-20-17-16-19-34(36)28-40-8/h9,16-17,19-26H,1,10-15,18,27-28H2,2-8H3/b38-31+. The van der Waals surface area contributed by atoms with Crippen molar-refractivity contribution in [3.05, 3.63) is 107 Å². The molecular formula is C39H52O. The highest BCUT2D eigenvalue weighted by Gasteiger charge is 2.22. The van der Waals surface area contributed by atoms with Crippen LogP contribution in [0.4, 0.5) is 0 Å². The van der Waals surface area contributed by atoms with Gasteiger partial charge in [-0.1, -0.05) is 106 Å². The Morgan fingerprint density at radius 1 is 0.875 bits per heavy atom. The summed E-state index contributed by atoms with van der Waals surface area (Å²) in [5.74, 6) is 0. The van der Waals surface area contributed by atoms with Crippen LogP contribution in [-0.4, -0.2) is 7.11 Å². The first-order valence-electron chi connectivity index (χ1n) is 15.3. The van der Waals surface area contributed by atoms with Gasteiger partial charge in [-0.3, -0.25) is 0 Å². The second-order valence-corrected chi connectivity index (χ2v) is 12.4. The van der Waals surface area contributed by atoms with Gasteiger partial charge in [-0.2, -0.15) is 0 Å². The molecule has 0 aliphatic rings. The van der Waals surface area contributed by atoms with E-state index in [2.05, 4.69) is 109 Å². The Hall–Kier alpha value is -2.90. The van der Waals surface area contributed by atoms with Crippen LogP contribution < -0.4 is 0 Å². The minimum absolute atomic E-state index is 0.206. The summed E-state index contributed by atoms with van der Waals surface area (Å²) in [7, 11) is 1.78. The van der Waals surface area contributed by atoms with Crippen LogP contribution in [0, 0.1) is 19.3 Å². The van der Waals surface area contributed by atoms with Crippen LogP contribution in [0.1, 0.15) is 106 Å². The Labute approximate surface area is 245 Å². The molecule has 3 rings (SSSR count). The zero-order valence-corrected chi connectivity index (χ0v) is 26.3. The van der Waals surface area contributed by atoms with Crippen LogP contribution in [0.5, 0.6) is 0 Å². The topological polar surface area (TPSA) is 9.23 Å². The average molecular weight is 537 g/mol. The summed E-state index contributed by atoms with van der Waals surface area (Å²) in [5, 5.41) is 0. The third-order valence-electron chi connectivity index (χ3n) is 8.44. The van der Waals surface area contributed by atoms with E-state index in [9.17, 15) is 0 Å². The first-order valence-corrected chi connectivity index (χ1v) is 15.3. The van der Waals surface area contributed by atoms with Gasteiger partial charge in [-0.05, 0) is 114 Å². The van der Waals surface area contributed by atoms with E-state index >= 15 is 0 Å². The SMILES string of the molecule is C=CCCCCCCc1cc(C)cc(-c2ccc(C)c(/C(CC(C)(C)CC)=C(\C)c3ccccc3COC)c2)c1. The minimum Gasteiger partial charge on any atom is -0.380 e. The van der Waals surface area contributed by atoms with E-state index in [-0.39, 0.29) is 5.41 Å². The van der Waals surface area contributed by atoms with Gasteiger partial charge in [0.1, 0.15) is 0 Å². The number of aryl methyl sites for hydroxylation is 3. The number of rotatable bonds is 15. The highest BCUT2D eigenvalue weighted by molar-refractivity contribution is 5.92. The highest BCUT2D eigenvalue weighted by Crippen LogP contribution is 2.41. The molecule has 3 aromatic carbocycles. The van der Waals surface area contributed by atoms with Gasteiger partial charge in [0.05, 0.1) is 6.61 Å². The lowest BCUT2D eigenvalue weighted by Crippen LogP contribution is -2.12. The predicted molar refractivity (Wildman–Crippen MR) is 177 cm³/mol. The van der Waals surface area contributed by atoms with E-state index < -0.39 is 0 Å². The second-order valence-electron chi connectivity index (χ2n) is 12.4. The molecule has 0 atom stereocenters. The van der Waals surface area contributed by atoms with Crippen molar-refractivity contribution in [2.45, 2.75) is 99.5 Å². The summed E-state index contributed by atoms with van der Waals surface area (Å²) in [6, 6.07) is 22.9. The van der Waals surface area contributed by atoms with E-state index in [0.717, 1.165) is 25.7 Å². The summed E-state index contributed by atoms with van der Waals surface area (Å²) < 4.78 is 5.58. The number of unbranched alkanes of at least 4 members (excludes halogenated alkanes) is 4. The van der Waals surface area contributed by atoms with E-state index in [1.165, 1.54) is 81.3 Å². The minimum atomic E-state index is 0.206. The third kappa shape index (κ3) is 8.80. The Bertz CT molecular complexity index is 1290. The molecule has 0 spiro atoms. The van der Waals surface area contributed by atoms with Gasteiger partial charge < -0.3 is 4.74 Å². The Morgan fingerprint density at radius 3 is 2.35 bits per heavy atom. The van der Waals surface area contributed by atoms with E-state index in [1.54, 1.807) is 7.11 Å². The van der Waals surface area contributed by atoms with Gasteiger partial charge in [-0.15, -0.1) is 6.58 Å². The van der Waals surface area contributed by atoms with Crippen LogP contribution >= 0.6 is 0 Å². The predicted octanol–water partition coefficient (Wildman–Crippen LogP) is 11.6. The fourth-order valence-corrected chi connectivity index (χ4v) is 5.63. The number of ether oxygens (including phenoxy) is 1. The third-order valence-corrected chi connectivity index (χ3v) is 8.44. The van der Waals surface area contributed by atoms with Gasteiger partial charge in [0, 0.05) is 7.11 Å². The number of hydrogen-bond acceptors (Lipinski definition) is 1. The second kappa shape index (κ2) is 15.2. The Morgan fingerprint density at radius 2 is 1.62 bits per heavy atom. The summed E-state index contributed by atoms with van der Waals surface area (Å²) in [4.78, 5) is 0. The first-order chi connectivity index (χ1) is 19.2. The molecule has 0 amide bonds. The molecule has 0 aliphatic heterocycles. The smallest absolute Gasteiger partial charge is 0.0718 e. The van der Waals surface area contributed by atoms with Crippen molar-refractivity contribution in [3.8, 4) is 11.1 Å².